The van der Waals surface area contributed by atoms with Crippen molar-refractivity contribution in [1.29, 1.82) is 0 Å². The highest BCUT2D eigenvalue weighted by atomic mass is 19.4. The minimum atomic E-state index is -4.70. The summed E-state index contributed by atoms with van der Waals surface area (Å²) in [5.41, 5.74) is 1.65. The van der Waals surface area contributed by atoms with Crippen LogP contribution in [0.4, 0.5) is 24.5 Å². The smallest absolute Gasteiger partial charge is 0.390 e. The van der Waals surface area contributed by atoms with Gasteiger partial charge in [0.15, 0.2) is 11.8 Å². The van der Waals surface area contributed by atoms with E-state index in [-0.39, 0.29) is 49.9 Å². The SMILES string of the molecule is C[C@H](CN1Cc2cc(NC(=O)c3cnn4cccnc34)c(N3CCC([C@@H](O)C(F)(F)F)CC3)cc2C1=O)C(C)(C)O. The van der Waals surface area contributed by atoms with Gasteiger partial charge in [0.1, 0.15) is 5.56 Å². The number of carbonyl (C=O) groups excluding carboxylic acids is 2. The van der Waals surface area contributed by atoms with E-state index in [1.165, 1.54) is 10.7 Å². The third-order valence-corrected chi connectivity index (χ3v) is 8.23. The first-order valence-electron chi connectivity index (χ1n) is 13.5. The zero-order valence-corrected chi connectivity index (χ0v) is 23.0. The van der Waals surface area contributed by atoms with Gasteiger partial charge in [0.2, 0.25) is 0 Å². The Morgan fingerprint density at radius 1 is 1.22 bits per heavy atom. The maximum Gasteiger partial charge on any atom is 0.414 e. The summed E-state index contributed by atoms with van der Waals surface area (Å²) in [6.45, 7) is 6.24. The number of hydrogen-bond donors (Lipinski definition) is 3. The fourth-order valence-electron chi connectivity index (χ4n) is 5.37. The number of hydrogen-bond acceptors (Lipinski definition) is 7. The first kappa shape index (κ1) is 28.8. The van der Waals surface area contributed by atoms with Crippen LogP contribution in [0.5, 0.6) is 0 Å². The van der Waals surface area contributed by atoms with Gasteiger partial charge < -0.3 is 25.3 Å². The lowest BCUT2D eigenvalue weighted by Crippen LogP contribution is -2.43. The number of rotatable bonds is 7. The Hall–Kier alpha value is -3.71. The van der Waals surface area contributed by atoms with E-state index in [2.05, 4.69) is 15.4 Å². The van der Waals surface area contributed by atoms with E-state index in [0.717, 1.165) is 0 Å². The Kier molecular flexibility index (Phi) is 7.45. The van der Waals surface area contributed by atoms with Gasteiger partial charge in [-0.1, -0.05) is 6.92 Å². The summed E-state index contributed by atoms with van der Waals surface area (Å²) in [5, 5.41) is 27.2. The van der Waals surface area contributed by atoms with Crippen molar-refractivity contribution in [2.45, 2.75) is 58.0 Å². The van der Waals surface area contributed by atoms with E-state index in [4.69, 9.17) is 0 Å². The first-order chi connectivity index (χ1) is 19.2. The van der Waals surface area contributed by atoms with Crippen LogP contribution >= 0.6 is 0 Å². The molecule has 13 heteroatoms. The Balaban J connectivity index is 1.45. The highest BCUT2D eigenvalue weighted by Gasteiger charge is 2.44. The molecule has 1 saturated heterocycles. The van der Waals surface area contributed by atoms with E-state index in [0.29, 0.717) is 34.7 Å². The number of piperidine rings is 1. The van der Waals surface area contributed by atoms with E-state index in [1.54, 1.807) is 49.3 Å². The van der Waals surface area contributed by atoms with Crippen molar-refractivity contribution >= 4 is 28.8 Å². The van der Waals surface area contributed by atoms with Crippen LogP contribution in [0, 0.1) is 11.8 Å². The molecule has 0 unspecified atom stereocenters. The minimum absolute atomic E-state index is 0.0896. The molecule has 3 N–H and O–H groups in total. The van der Waals surface area contributed by atoms with Crippen LogP contribution in [0.15, 0.2) is 36.8 Å². The number of alkyl halides is 3. The number of halogens is 3. The van der Waals surface area contributed by atoms with Crippen LogP contribution in [-0.2, 0) is 6.54 Å². The maximum atomic E-state index is 13.4. The zero-order valence-electron chi connectivity index (χ0n) is 23.0. The second kappa shape index (κ2) is 10.6. The molecule has 4 heterocycles. The van der Waals surface area contributed by atoms with E-state index in [1.807, 2.05) is 11.8 Å². The first-order valence-corrected chi connectivity index (χ1v) is 13.5. The Labute approximate surface area is 234 Å². The van der Waals surface area contributed by atoms with Crippen molar-refractivity contribution < 1.29 is 33.0 Å². The maximum absolute atomic E-state index is 13.4. The molecule has 2 amide bonds. The average Bonchev–Trinajstić information content (AvgIpc) is 3.48. The largest absolute Gasteiger partial charge is 0.414 e. The molecule has 0 spiro atoms. The average molecular weight is 575 g/mol. The third-order valence-electron chi connectivity index (χ3n) is 8.23. The Morgan fingerprint density at radius 3 is 2.59 bits per heavy atom. The van der Waals surface area contributed by atoms with Gasteiger partial charge in [0.25, 0.3) is 11.8 Å². The molecule has 41 heavy (non-hydrogen) atoms. The lowest BCUT2D eigenvalue weighted by atomic mass is 9.90. The predicted molar refractivity (Wildman–Crippen MR) is 145 cm³/mol. The number of fused-ring (bicyclic) bond motifs is 2. The molecule has 0 radical (unpaired) electrons. The summed E-state index contributed by atoms with van der Waals surface area (Å²) in [5.74, 6) is -1.84. The van der Waals surface area contributed by atoms with Gasteiger partial charge in [-0.05, 0) is 56.4 Å². The number of anilines is 2. The van der Waals surface area contributed by atoms with Gasteiger partial charge in [-0.25, -0.2) is 9.50 Å². The summed E-state index contributed by atoms with van der Waals surface area (Å²) in [7, 11) is 0. The number of benzene rings is 1. The third kappa shape index (κ3) is 5.73. The molecule has 5 rings (SSSR count). The van der Waals surface area contributed by atoms with Gasteiger partial charge in [-0.2, -0.15) is 18.3 Å². The van der Waals surface area contributed by atoms with Crippen molar-refractivity contribution in [2.24, 2.45) is 11.8 Å². The number of nitrogens with one attached hydrogen (secondary N) is 1. The molecule has 0 aliphatic carbocycles. The summed E-state index contributed by atoms with van der Waals surface area (Å²) in [4.78, 5) is 34.5. The summed E-state index contributed by atoms with van der Waals surface area (Å²) in [6.07, 6.45) is -2.31. The highest BCUT2D eigenvalue weighted by Crippen LogP contribution is 2.39. The molecule has 2 aromatic heterocycles. The number of carbonyl (C=O) groups is 2. The standard InChI is InChI=1S/C28H33F3N6O4/c1-16(27(2,3)41)14-36-15-18-11-21(34-25(39)20-13-33-37-8-4-7-32-24(20)37)22(12-19(18)26(36)40)35-9-5-17(6-10-35)23(38)28(29,30)31/h4,7-8,11-13,16-17,23,38,41H,5-6,9-10,14-15H2,1-3H3,(H,34,39)/t16-,23-/m1/s1. The molecule has 1 fully saturated rings. The molecule has 2 atom stereocenters. The number of aliphatic hydroxyl groups excluding tert-OH is 1. The quantitative estimate of drug-likeness (QED) is 0.395. The predicted octanol–water partition coefficient (Wildman–Crippen LogP) is 3.48. The van der Waals surface area contributed by atoms with Gasteiger partial charge in [0, 0.05) is 50.1 Å². The lowest BCUT2D eigenvalue weighted by molar-refractivity contribution is -0.221. The molecule has 3 aromatic rings. The van der Waals surface area contributed by atoms with Crippen molar-refractivity contribution in [3.63, 3.8) is 0 Å². The normalized spacial score (nSPS) is 18.1. The number of nitrogens with zero attached hydrogens (tertiary/aromatic N) is 5. The van der Waals surface area contributed by atoms with Gasteiger partial charge >= 0.3 is 6.18 Å². The monoisotopic (exact) mass is 574 g/mol. The molecule has 220 valence electrons. The lowest BCUT2D eigenvalue weighted by Gasteiger charge is -2.37. The minimum Gasteiger partial charge on any atom is -0.390 e. The van der Waals surface area contributed by atoms with Crippen molar-refractivity contribution in [3.8, 4) is 0 Å². The van der Waals surface area contributed by atoms with Crippen molar-refractivity contribution in [1.82, 2.24) is 19.5 Å². The molecule has 0 saturated carbocycles. The van der Waals surface area contributed by atoms with Crippen LogP contribution in [0.3, 0.4) is 0 Å². The Morgan fingerprint density at radius 2 is 1.93 bits per heavy atom. The highest BCUT2D eigenvalue weighted by molar-refractivity contribution is 6.10. The topological polar surface area (TPSA) is 123 Å². The van der Waals surface area contributed by atoms with Gasteiger partial charge in [-0.15, -0.1) is 0 Å². The van der Waals surface area contributed by atoms with Crippen molar-refractivity contribution in [3.05, 3.63) is 53.5 Å². The number of aliphatic hydroxyl groups is 2. The number of aromatic nitrogens is 3. The Bertz CT molecular complexity index is 1460. The second-order valence-corrected chi connectivity index (χ2v) is 11.5. The summed E-state index contributed by atoms with van der Waals surface area (Å²) >= 11 is 0. The van der Waals surface area contributed by atoms with Gasteiger partial charge in [-0.3, -0.25) is 9.59 Å². The molecular formula is C28H33F3N6O4. The van der Waals surface area contributed by atoms with Crippen LogP contribution in [0.25, 0.3) is 5.65 Å². The van der Waals surface area contributed by atoms with Crippen LogP contribution in [-0.4, -0.2) is 79.0 Å². The van der Waals surface area contributed by atoms with Gasteiger partial charge in [0.05, 0.1) is 23.2 Å². The van der Waals surface area contributed by atoms with Crippen molar-refractivity contribution in [2.75, 3.05) is 29.9 Å². The van der Waals surface area contributed by atoms with Crippen LogP contribution < -0.4 is 10.2 Å². The molecule has 2 aliphatic heterocycles. The van der Waals surface area contributed by atoms with Crippen LogP contribution in [0.1, 0.15) is 59.9 Å². The fourth-order valence-corrected chi connectivity index (χ4v) is 5.37. The molecule has 0 bridgehead atoms. The van der Waals surface area contributed by atoms with E-state index in [9.17, 15) is 33.0 Å². The van der Waals surface area contributed by atoms with Crippen LogP contribution in [0.2, 0.25) is 0 Å². The molecule has 1 aromatic carbocycles. The molecule has 10 nitrogen and oxygen atoms in total. The molecular weight excluding hydrogens is 541 g/mol. The number of amides is 2. The molecule has 2 aliphatic rings. The second-order valence-electron chi connectivity index (χ2n) is 11.5. The fraction of sp³-hybridized carbons (Fsp3) is 0.500. The van der Waals surface area contributed by atoms with E-state index < -0.39 is 29.7 Å². The zero-order chi connectivity index (χ0) is 29.7. The van der Waals surface area contributed by atoms with E-state index >= 15 is 0 Å². The summed E-state index contributed by atoms with van der Waals surface area (Å²) < 4.78 is 40.8. The summed E-state index contributed by atoms with van der Waals surface area (Å²) in [6, 6.07) is 5.09.